The molecule has 0 saturated heterocycles. The number of nitrogens with zero attached hydrogens (tertiary/aromatic N) is 1. The molecule has 2 rings (SSSR count). The molecular formula is C14H17F3N2S. The maximum atomic E-state index is 12.9. The Morgan fingerprint density at radius 1 is 1.40 bits per heavy atom. The number of thioether (sulfide) groups is 1. The molecule has 2 nitrogen and oxygen atoms in total. The van der Waals surface area contributed by atoms with Crippen molar-refractivity contribution in [1.82, 2.24) is 0 Å². The average Bonchev–Trinajstić information content (AvgIpc) is 2.40. The van der Waals surface area contributed by atoms with Crippen LogP contribution in [0, 0.1) is 6.92 Å². The van der Waals surface area contributed by atoms with Crippen LogP contribution in [0.3, 0.4) is 0 Å². The van der Waals surface area contributed by atoms with E-state index in [9.17, 15) is 13.2 Å². The van der Waals surface area contributed by atoms with Crippen molar-refractivity contribution in [2.75, 3.05) is 11.1 Å². The van der Waals surface area contributed by atoms with Gasteiger partial charge in [0.1, 0.15) is 0 Å². The largest absolute Gasteiger partial charge is 0.416 e. The Kier molecular flexibility index (Phi) is 4.62. The zero-order chi connectivity index (χ0) is 14.8. The van der Waals surface area contributed by atoms with Gasteiger partial charge in [-0.15, -0.1) is 0 Å². The predicted octanol–water partition coefficient (Wildman–Crippen LogP) is 4.70. The van der Waals surface area contributed by atoms with E-state index < -0.39 is 11.7 Å². The van der Waals surface area contributed by atoms with E-state index in [0.29, 0.717) is 10.9 Å². The minimum Gasteiger partial charge on any atom is -0.335 e. The van der Waals surface area contributed by atoms with E-state index in [4.69, 9.17) is 0 Å². The Labute approximate surface area is 120 Å². The van der Waals surface area contributed by atoms with E-state index in [1.165, 1.54) is 13.0 Å². The fourth-order valence-electron chi connectivity index (χ4n) is 2.05. The predicted molar refractivity (Wildman–Crippen MR) is 78.4 cm³/mol. The van der Waals surface area contributed by atoms with Gasteiger partial charge in [-0.05, 0) is 37.5 Å². The summed E-state index contributed by atoms with van der Waals surface area (Å²) in [4.78, 5) is 4.50. The maximum Gasteiger partial charge on any atom is 0.416 e. The zero-order valence-corrected chi connectivity index (χ0v) is 12.2. The highest BCUT2D eigenvalue weighted by atomic mass is 32.2. The molecule has 1 atom stereocenters. The number of halogens is 3. The van der Waals surface area contributed by atoms with Crippen molar-refractivity contribution in [2.45, 2.75) is 38.9 Å². The standard InChI is InChI=1S/C14H17F3N2S/c1-3-10-6-7-20-13(18-10)19-11-5-4-9(2)12(8-11)14(15,16)17/h4-5,8,10H,3,6-7H2,1-2H3,(H,18,19). The summed E-state index contributed by atoms with van der Waals surface area (Å²) in [6.45, 7) is 3.53. The van der Waals surface area contributed by atoms with Crippen molar-refractivity contribution in [3.8, 4) is 0 Å². The van der Waals surface area contributed by atoms with Gasteiger partial charge in [0.25, 0.3) is 0 Å². The van der Waals surface area contributed by atoms with Crippen molar-refractivity contribution in [3.05, 3.63) is 29.3 Å². The van der Waals surface area contributed by atoms with Crippen LogP contribution in [0.1, 0.15) is 30.9 Å². The van der Waals surface area contributed by atoms with Crippen LogP contribution >= 0.6 is 11.8 Å². The average molecular weight is 302 g/mol. The van der Waals surface area contributed by atoms with Crippen LogP contribution in [0.15, 0.2) is 23.2 Å². The number of hydrogen-bond donors (Lipinski definition) is 1. The molecule has 6 heteroatoms. The molecule has 1 heterocycles. The van der Waals surface area contributed by atoms with Crippen molar-refractivity contribution >= 4 is 22.6 Å². The first-order valence-corrected chi connectivity index (χ1v) is 7.54. The van der Waals surface area contributed by atoms with Gasteiger partial charge in [-0.3, -0.25) is 4.99 Å². The summed E-state index contributed by atoms with van der Waals surface area (Å²) in [6, 6.07) is 4.56. The number of alkyl halides is 3. The van der Waals surface area contributed by atoms with Crippen LogP contribution in [0.5, 0.6) is 0 Å². The van der Waals surface area contributed by atoms with E-state index in [0.717, 1.165) is 24.7 Å². The van der Waals surface area contributed by atoms with Crippen LogP contribution in [0.4, 0.5) is 18.9 Å². The van der Waals surface area contributed by atoms with Gasteiger partial charge in [-0.2, -0.15) is 13.2 Å². The fraction of sp³-hybridized carbons (Fsp3) is 0.500. The van der Waals surface area contributed by atoms with Gasteiger partial charge in [0, 0.05) is 11.4 Å². The quantitative estimate of drug-likeness (QED) is 0.856. The van der Waals surface area contributed by atoms with Crippen LogP contribution in [-0.2, 0) is 6.18 Å². The SMILES string of the molecule is CCC1CCSC(Nc2ccc(C)c(C(F)(F)F)c2)=N1. The highest BCUT2D eigenvalue weighted by Gasteiger charge is 2.32. The molecule has 0 radical (unpaired) electrons. The lowest BCUT2D eigenvalue weighted by Crippen LogP contribution is -2.20. The van der Waals surface area contributed by atoms with E-state index in [-0.39, 0.29) is 11.6 Å². The minimum absolute atomic E-state index is 0.229. The van der Waals surface area contributed by atoms with E-state index in [2.05, 4.69) is 17.2 Å². The number of rotatable bonds is 2. The van der Waals surface area contributed by atoms with E-state index in [1.54, 1.807) is 17.8 Å². The molecule has 110 valence electrons. The van der Waals surface area contributed by atoms with Gasteiger partial charge in [0.15, 0.2) is 5.17 Å². The number of hydrogen-bond acceptors (Lipinski definition) is 3. The Bertz CT molecular complexity index is 512. The molecular weight excluding hydrogens is 285 g/mol. The lowest BCUT2D eigenvalue weighted by Gasteiger charge is -2.20. The Morgan fingerprint density at radius 3 is 2.80 bits per heavy atom. The Morgan fingerprint density at radius 2 is 2.15 bits per heavy atom. The summed E-state index contributed by atoms with van der Waals surface area (Å²) in [7, 11) is 0. The number of aliphatic imine (C=N–C) groups is 1. The van der Waals surface area contributed by atoms with Gasteiger partial charge >= 0.3 is 6.18 Å². The molecule has 1 unspecified atom stereocenters. The third-order valence-electron chi connectivity index (χ3n) is 3.26. The molecule has 1 aromatic carbocycles. The molecule has 1 N–H and O–H groups in total. The van der Waals surface area contributed by atoms with Gasteiger partial charge in [0.2, 0.25) is 0 Å². The van der Waals surface area contributed by atoms with E-state index in [1.807, 2.05) is 0 Å². The molecule has 1 aromatic rings. The molecule has 1 aliphatic rings. The molecule has 0 amide bonds. The highest BCUT2D eigenvalue weighted by molar-refractivity contribution is 8.14. The van der Waals surface area contributed by atoms with Crippen molar-refractivity contribution in [3.63, 3.8) is 0 Å². The first-order valence-electron chi connectivity index (χ1n) is 6.55. The topological polar surface area (TPSA) is 24.4 Å². The number of amidine groups is 1. The third-order valence-corrected chi connectivity index (χ3v) is 4.18. The summed E-state index contributed by atoms with van der Waals surface area (Å²) < 4.78 is 38.6. The molecule has 0 bridgehead atoms. The van der Waals surface area contributed by atoms with Crippen molar-refractivity contribution < 1.29 is 13.2 Å². The second kappa shape index (κ2) is 6.08. The molecule has 0 saturated carbocycles. The molecule has 0 aromatic heterocycles. The van der Waals surface area contributed by atoms with Crippen molar-refractivity contribution in [2.24, 2.45) is 4.99 Å². The summed E-state index contributed by atoms with van der Waals surface area (Å²) >= 11 is 1.55. The molecule has 20 heavy (non-hydrogen) atoms. The molecule has 0 aliphatic carbocycles. The van der Waals surface area contributed by atoms with Crippen LogP contribution in [0.2, 0.25) is 0 Å². The summed E-state index contributed by atoms with van der Waals surface area (Å²) in [6.07, 6.45) is -2.35. The summed E-state index contributed by atoms with van der Waals surface area (Å²) in [5.41, 5.74) is 0.0644. The van der Waals surface area contributed by atoms with Crippen LogP contribution in [-0.4, -0.2) is 17.0 Å². The number of nitrogens with one attached hydrogen (secondary N) is 1. The highest BCUT2D eigenvalue weighted by Crippen LogP contribution is 2.33. The van der Waals surface area contributed by atoms with Gasteiger partial charge in [-0.1, -0.05) is 24.8 Å². The monoisotopic (exact) mass is 302 g/mol. The maximum absolute atomic E-state index is 12.9. The zero-order valence-electron chi connectivity index (χ0n) is 11.4. The van der Waals surface area contributed by atoms with Gasteiger partial charge in [-0.25, -0.2) is 0 Å². The van der Waals surface area contributed by atoms with Crippen LogP contribution in [0.25, 0.3) is 0 Å². The smallest absolute Gasteiger partial charge is 0.335 e. The van der Waals surface area contributed by atoms with E-state index >= 15 is 0 Å². The first kappa shape index (κ1) is 15.2. The molecule has 0 fully saturated rings. The summed E-state index contributed by atoms with van der Waals surface area (Å²) in [5, 5.41) is 3.71. The second-order valence-corrected chi connectivity index (χ2v) is 5.87. The van der Waals surface area contributed by atoms with Crippen molar-refractivity contribution in [1.29, 1.82) is 0 Å². The Hall–Kier alpha value is -1.17. The first-order chi connectivity index (χ1) is 9.40. The third kappa shape index (κ3) is 3.69. The number of anilines is 1. The minimum atomic E-state index is -4.32. The fourth-order valence-corrected chi connectivity index (χ4v) is 3.05. The lowest BCUT2D eigenvalue weighted by molar-refractivity contribution is -0.138. The van der Waals surface area contributed by atoms with Crippen LogP contribution < -0.4 is 5.32 Å². The van der Waals surface area contributed by atoms with Gasteiger partial charge < -0.3 is 5.32 Å². The normalized spacial score (nSPS) is 19.6. The Balaban J connectivity index is 2.20. The number of benzene rings is 1. The molecule has 0 spiro atoms. The summed E-state index contributed by atoms with van der Waals surface area (Å²) in [5.74, 6) is 0.947. The molecule has 1 aliphatic heterocycles. The second-order valence-electron chi connectivity index (χ2n) is 4.79. The lowest BCUT2D eigenvalue weighted by atomic mass is 10.1. The number of aryl methyl sites for hydroxylation is 1. The van der Waals surface area contributed by atoms with Gasteiger partial charge in [0.05, 0.1) is 11.6 Å².